The minimum Gasteiger partial charge on any atom is -0.508 e. The smallest absolute Gasteiger partial charge is 0.326 e. The molecule has 0 heterocycles. The van der Waals surface area contributed by atoms with Gasteiger partial charge in [0.2, 0.25) is 59.1 Å². The number of carboxylic acid groups (broad SMARTS) is 2. The van der Waals surface area contributed by atoms with Crippen molar-refractivity contribution in [3.8, 4) is 11.5 Å². The standard InChI is InChI=1S/C55H75N11O16S/c1-29(2)21-36(56)48(74)58-27-45(71)61-41(25-43(57)69)53(79)64-39(22-31-9-7-6-8-10-31)52(78)63-40(24-33-13-17-35(68)18-14-33)51(77)62-38(23-32-11-15-34(67)16-12-32)49(75)59-28-44(70)60-37(19-20-83-5)50(76)65-42(26-46(72)73)54(80)66-47(30(3)4)55(81)82/h6-18,29-30,36-42,47,67-68H,19-28,56H2,1-5H3,(H2,57,69)(H,58,74)(H,59,75)(H,60,70)(H,61,71)(H,62,77)(H,63,78)(H,64,79)(H,65,76)(H,66,80)(H,72,73)(H,81,82)/t36-,37-,38-,39-,40-,41-,42-,47-/m0/s1. The molecule has 3 aromatic rings. The van der Waals surface area contributed by atoms with Crippen LogP contribution < -0.4 is 59.3 Å². The van der Waals surface area contributed by atoms with Gasteiger partial charge in [0.25, 0.3) is 0 Å². The average molecular weight is 1180 g/mol. The number of rotatable bonds is 35. The molecule has 3 rings (SSSR count). The van der Waals surface area contributed by atoms with Gasteiger partial charge in [0.05, 0.1) is 32.0 Å². The van der Waals surface area contributed by atoms with Crippen molar-refractivity contribution in [2.24, 2.45) is 23.3 Å². The molecule has 83 heavy (non-hydrogen) atoms. The Morgan fingerprint density at radius 3 is 1.33 bits per heavy atom. The molecule has 3 aromatic carbocycles. The van der Waals surface area contributed by atoms with Crippen LogP contribution in [-0.2, 0) is 76.8 Å². The lowest BCUT2D eigenvalue weighted by Gasteiger charge is -2.27. The summed E-state index contributed by atoms with van der Waals surface area (Å²) >= 11 is 1.28. The predicted molar refractivity (Wildman–Crippen MR) is 302 cm³/mol. The first kappa shape index (κ1) is 68.5. The number of carbonyl (C=O) groups excluding carboxylic acids is 10. The molecule has 0 saturated carbocycles. The Hall–Kier alpha value is -8.79. The SMILES string of the molecule is CSCC[C@H](NC(=O)CNC(=O)[C@H](Cc1ccc(O)cc1)NC(=O)[C@H](Cc1ccc(O)cc1)NC(=O)[C@H](Cc1ccccc1)NC(=O)[C@H](CC(N)=O)NC(=O)CNC(=O)[C@@H](N)CC(C)C)C(=O)N[C@@H](CC(=O)O)C(=O)N[C@H](C(=O)O)C(C)C. The molecule has 0 aliphatic heterocycles. The molecule has 28 heteroatoms. The van der Waals surface area contributed by atoms with E-state index < -0.39 is 151 Å². The van der Waals surface area contributed by atoms with Crippen LogP contribution in [0.4, 0.5) is 0 Å². The van der Waals surface area contributed by atoms with Crippen LogP contribution in [0.15, 0.2) is 78.9 Å². The molecule has 0 saturated heterocycles. The fourth-order valence-corrected chi connectivity index (χ4v) is 8.53. The summed E-state index contributed by atoms with van der Waals surface area (Å²) in [5.41, 5.74) is 12.7. The Labute approximate surface area is 483 Å². The maximum atomic E-state index is 14.6. The van der Waals surface area contributed by atoms with Gasteiger partial charge < -0.3 is 79.7 Å². The zero-order valence-corrected chi connectivity index (χ0v) is 47.4. The fraction of sp³-hybridized carbons (Fsp3) is 0.455. The highest BCUT2D eigenvalue weighted by Gasteiger charge is 2.35. The number of carbonyl (C=O) groups is 12. The first-order valence-electron chi connectivity index (χ1n) is 26.4. The number of phenolic OH excluding ortho intramolecular Hbond substituents is 2. The maximum Gasteiger partial charge on any atom is 0.326 e. The highest BCUT2D eigenvalue weighted by Crippen LogP contribution is 2.15. The van der Waals surface area contributed by atoms with Gasteiger partial charge in [-0.3, -0.25) is 52.7 Å². The maximum absolute atomic E-state index is 14.6. The van der Waals surface area contributed by atoms with Gasteiger partial charge in [0, 0.05) is 19.3 Å². The Bertz CT molecular complexity index is 2730. The van der Waals surface area contributed by atoms with E-state index in [1.54, 1.807) is 36.6 Å². The second-order valence-corrected chi connectivity index (χ2v) is 21.2. The highest BCUT2D eigenvalue weighted by atomic mass is 32.2. The summed E-state index contributed by atoms with van der Waals surface area (Å²) in [6, 6.07) is 7.53. The quantitative estimate of drug-likeness (QED) is 0.0302. The zero-order chi connectivity index (χ0) is 61.9. The molecule has 0 unspecified atom stereocenters. The lowest BCUT2D eigenvalue weighted by Crippen LogP contribution is -2.60. The summed E-state index contributed by atoms with van der Waals surface area (Å²) < 4.78 is 0. The number of carboxylic acids is 2. The molecule has 0 radical (unpaired) electrons. The van der Waals surface area contributed by atoms with Crippen LogP contribution >= 0.6 is 11.8 Å². The van der Waals surface area contributed by atoms with Crippen LogP contribution in [0.25, 0.3) is 0 Å². The lowest BCUT2D eigenvalue weighted by molar-refractivity contribution is -0.144. The number of amides is 10. The number of hydrogen-bond donors (Lipinski definition) is 15. The molecule has 8 atom stereocenters. The Morgan fingerprint density at radius 1 is 0.494 bits per heavy atom. The molecule has 0 aromatic heterocycles. The van der Waals surface area contributed by atoms with Gasteiger partial charge in [-0.05, 0) is 77.6 Å². The number of thioether (sulfide) groups is 1. The van der Waals surface area contributed by atoms with Gasteiger partial charge in [-0.25, -0.2) is 4.79 Å². The molecule has 0 bridgehead atoms. The zero-order valence-electron chi connectivity index (χ0n) is 46.6. The molecular weight excluding hydrogens is 1100 g/mol. The number of primary amides is 1. The third-order valence-electron chi connectivity index (χ3n) is 12.4. The Kier molecular flexibility index (Phi) is 28.5. The Morgan fingerprint density at radius 2 is 0.892 bits per heavy atom. The second kappa shape index (κ2) is 34.5. The van der Waals surface area contributed by atoms with Crippen LogP contribution in [0.3, 0.4) is 0 Å². The van der Waals surface area contributed by atoms with Crippen LogP contribution in [0.1, 0.15) is 70.1 Å². The van der Waals surface area contributed by atoms with E-state index in [1.807, 2.05) is 13.8 Å². The van der Waals surface area contributed by atoms with Crippen LogP contribution in [0.5, 0.6) is 11.5 Å². The van der Waals surface area contributed by atoms with E-state index >= 15 is 0 Å². The van der Waals surface area contributed by atoms with E-state index in [2.05, 4.69) is 47.9 Å². The number of benzene rings is 3. The largest absolute Gasteiger partial charge is 0.508 e. The summed E-state index contributed by atoms with van der Waals surface area (Å²) in [5.74, 6) is -13.0. The summed E-state index contributed by atoms with van der Waals surface area (Å²) in [7, 11) is 0. The van der Waals surface area contributed by atoms with Crippen molar-refractivity contribution < 1.29 is 78.0 Å². The van der Waals surface area contributed by atoms with Crippen LogP contribution in [-0.4, -0.2) is 165 Å². The van der Waals surface area contributed by atoms with Crippen molar-refractivity contribution in [2.45, 2.75) is 121 Å². The molecule has 0 aliphatic rings. The van der Waals surface area contributed by atoms with Gasteiger partial charge in [0.15, 0.2) is 0 Å². The normalized spacial score (nSPS) is 13.9. The molecule has 0 aliphatic carbocycles. The summed E-state index contributed by atoms with van der Waals surface area (Å²) in [6.45, 7) is 5.26. The van der Waals surface area contributed by atoms with Crippen LogP contribution in [0, 0.1) is 11.8 Å². The van der Waals surface area contributed by atoms with Gasteiger partial charge in [0.1, 0.15) is 53.8 Å². The van der Waals surface area contributed by atoms with E-state index in [9.17, 15) is 78.0 Å². The van der Waals surface area contributed by atoms with Crippen molar-refractivity contribution >= 4 is 82.8 Å². The van der Waals surface area contributed by atoms with Gasteiger partial charge >= 0.3 is 11.9 Å². The molecule has 17 N–H and O–H groups in total. The third kappa shape index (κ3) is 25.3. The molecular formula is C55H75N11O16S. The number of nitrogens with one attached hydrogen (secondary N) is 9. The number of nitrogens with two attached hydrogens (primary N) is 2. The number of phenols is 2. The minimum atomic E-state index is -1.76. The summed E-state index contributed by atoms with van der Waals surface area (Å²) in [5, 5.41) is 61.0. The predicted octanol–water partition coefficient (Wildman–Crippen LogP) is -2.03. The number of aliphatic carboxylic acids is 2. The van der Waals surface area contributed by atoms with E-state index in [0.29, 0.717) is 23.1 Å². The van der Waals surface area contributed by atoms with Crippen molar-refractivity contribution in [3.05, 3.63) is 95.6 Å². The van der Waals surface area contributed by atoms with Crippen molar-refractivity contribution in [2.75, 3.05) is 25.1 Å². The van der Waals surface area contributed by atoms with E-state index in [1.165, 1.54) is 74.1 Å². The summed E-state index contributed by atoms with van der Waals surface area (Å²) in [4.78, 5) is 159. The number of aromatic hydroxyl groups is 2. The van der Waals surface area contributed by atoms with E-state index in [0.717, 1.165) is 0 Å². The number of hydrogen-bond acceptors (Lipinski definition) is 16. The topological polar surface area (TPSA) is 446 Å². The molecule has 10 amide bonds. The van der Waals surface area contributed by atoms with Crippen molar-refractivity contribution in [1.82, 2.24) is 47.9 Å². The second-order valence-electron chi connectivity index (χ2n) is 20.2. The molecule has 0 fully saturated rings. The molecule has 452 valence electrons. The van der Waals surface area contributed by atoms with Crippen molar-refractivity contribution in [1.29, 1.82) is 0 Å². The first-order valence-corrected chi connectivity index (χ1v) is 27.8. The van der Waals surface area contributed by atoms with Gasteiger partial charge in [-0.2, -0.15) is 11.8 Å². The molecule has 27 nitrogen and oxygen atoms in total. The highest BCUT2D eigenvalue weighted by molar-refractivity contribution is 7.98. The van der Waals surface area contributed by atoms with Crippen molar-refractivity contribution in [3.63, 3.8) is 0 Å². The third-order valence-corrected chi connectivity index (χ3v) is 13.0. The van der Waals surface area contributed by atoms with Crippen LogP contribution in [0.2, 0.25) is 0 Å². The minimum absolute atomic E-state index is 0.0540. The fourth-order valence-electron chi connectivity index (χ4n) is 8.06. The lowest BCUT2D eigenvalue weighted by atomic mass is 10.0. The van der Waals surface area contributed by atoms with Gasteiger partial charge in [-0.1, -0.05) is 82.3 Å². The summed E-state index contributed by atoms with van der Waals surface area (Å²) in [6.07, 6.45) is -0.512. The van der Waals surface area contributed by atoms with E-state index in [-0.39, 0.29) is 48.9 Å². The molecule has 0 spiro atoms. The van der Waals surface area contributed by atoms with E-state index in [4.69, 9.17) is 11.5 Å². The average Bonchev–Trinajstić information content (AvgIpc) is 3.48. The first-order chi connectivity index (χ1) is 39.1. The monoisotopic (exact) mass is 1180 g/mol. The van der Waals surface area contributed by atoms with Gasteiger partial charge in [-0.15, -0.1) is 0 Å². The Balaban J connectivity index is 1.94.